The molecule has 0 bridgehead atoms. The van der Waals surface area contributed by atoms with Gasteiger partial charge in [0, 0.05) is 6.20 Å². The van der Waals surface area contributed by atoms with Crippen LogP contribution < -0.4 is 14.8 Å². The molecule has 1 amide bonds. The topological polar surface area (TPSA) is 97.4 Å². The van der Waals surface area contributed by atoms with Crippen molar-refractivity contribution in [2.24, 2.45) is 5.92 Å². The highest BCUT2D eigenvalue weighted by molar-refractivity contribution is 7.92. The first-order chi connectivity index (χ1) is 15.4. The lowest BCUT2D eigenvalue weighted by atomic mass is 10.1. The van der Waals surface area contributed by atoms with Crippen molar-refractivity contribution in [3.05, 3.63) is 83.7 Å². The number of anilines is 1. The highest BCUT2D eigenvalue weighted by Crippen LogP contribution is 2.40. The van der Waals surface area contributed by atoms with Crippen LogP contribution in [0, 0.1) is 12.8 Å². The molecule has 1 aliphatic carbocycles. The molecule has 0 saturated heterocycles. The van der Waals surface area contributed by atoms with Crippen molar-refractivity contribution in [3.63, 3.8) is 0 Å². The third-order valence-electron chi connectivity index (χ3n) is 5.43. The Morgan fingerprint density at radius 1 is 1.09 bits per heavy atom. The van der Waals surface area contributed by atoms with Crippen molar-refractivity contribution >= 4 is 21.6 Å². The predicted molar refractivity (Wildman–Crippen MR) is 122 cm³/mol. The maximum absolute atomic E-state index is 13.3. The van der Waals surface area contributed by atoms with Crippen LogP contribution in [0.2, 0.25) is 0 Å². The Balaban J connectivity index is 1.64. The van der Waals surface area contributed by atoms with E-state index in [2.05, 4.69) is 15.0 Å². The third-order valence-corrected chi connectivity index (χ3v) is 6.81. The van der Waals surface area contributed by atoms with Gasteiger partial charge in [-0.1, -0.05) is 23.8 Å². The Hall–Kier alpha value is -3.39. The minimum absolute atomic E-state index is 0.120. The molecule has 2 aromatic carbocycles. The van der Waals surface area contributed by atoms with E-state index in [1.807, 2.05) is 25.1 Å². The standard InChI is InChI=1S/C24H25N3O4S/c1-16-6-11-19(12-7-16)32(29,30)27-21-13-10-18(31-2)15-20(21)24(28)26-23(17-8-9-17)22-5-3-4-14-25-22/h3-7,10-15,17,23,27H,8-9H2,1-2H3,(H,26,28). The molecule has 1 aromatic heterocycles. The van der Waals surface area contributed by atoms with Crippen LogP contribution in [0.3, 0.4) is 0 Å². The second-order valence-electron chi connectivity index (χ2n) is 7.87. The fourth-order valence-electron chi connectivity index (χ4n) is 3.49. The Labute approximate surface area is 187 Å². The van der Waals surface area contributed by atoms with E-state index in [9.17, 15) is 13.2 Å². The second kappa shape index (κ2) is 9.00. The third kappa shape index (κ3) is 4.91. The molecular formula is C24H25N3O4S. The van der Waals surface area contributed by atoms with Crippen LogP contribution in [0.15, 0.2) is 71.8 Å². The highest BCUT2D eigenvalue weighted by atomic mass is 32.2. The second-order valence-corrected chi connectivity index (χ2v) is 9.56. The number of pyridine rings is 1. The number of nitrogens with zero attached hydrogens (tertiary/aromatic N) is 1. The minimum Gasteiger partial charge on any atom is -0.497 e. The summed E-state index contributed by atoms with van der Waals surface area (Å²) in [5, 5.41) is 3.04. The van der Waals surface area contributed by atoms with Crippen LogP contribution in [0.5, 0.6) is 5.75 Å². The number of hydrogen-bond acceptors (Lipinski definition) is 5. The fraction of sp³-hybridized carbons (Fsp3) is 0.250. The van der Waals surface area contributed by atoms with Gasteiger partial charge in [-0.3, -0.25) is 14.5 Å². The van der Waals surface area contributed by atoms with Crippen LogP contribution in [0.1, 0.15) is 40.5 Å². The normalized spacial score (nSPS) is 14.4. The minimum atomic E-state index is -3.87. The molecule has 7 nitrogen and oxygen atoms in total. The number of aryl methyl sites for hydroxylation is 1. The van der Waals surface area contributed by atoms with Gasteiger partial charge < -0.3 is 10.1 Å². The van der Waals surface area contributed by atoms with Gasteiger partial charge in [-0.25, -0.2) is 8.42 Å². The number of nitrogens with one attached hydrogen (secondary N) is 2. The average molecular weight is 452 g/mol. The lowest BCUT2D eigenvalue weighted by Gasteiger charge is -2.20. The zero-order valence-corrected chi connectivity index (χ0v) is 18.7. The molecule has 3 aromatic rings. The first kappa shape index (κ1) is 21.8. The van der Waals surface area contributed by atoms with Gasteiger partial charge in [0.2, 0.25) is 0 Å². The number of carbonyl (C=O) groups is 1. The molecule has 2 N–H and O–H groups in total. The zero-order chi connectivity index (χ0) is 22.7. The zero-order valence-electron chi connectivity index (χ0n) is 17.9. The quantitative estimate of drug-likeness (QED) is 0.538. The summed E-state index contributed by atoms with van der Waals surface area (Å²) < 4.78 is 33.7. The molecule has 1 saturated carbocycles. The maximum atomic E-state index is 13.3. The number of amides is 1. The van der Waals surface area contributed by atoms with Crippen molar-refractivity contribution in [1.82, 2.24) is 10.3 Å². The Bertz CT molecular complexity index is 1210. The Kier molecular flexibility index (Phi) is 6.14. The van der Waals surface area contributed by atoms with E-state index in [1.165, 1.54) is 31.4 Å². The number of ether oxygens (including phenoxy) is 1. The van der Waals surface area contributed by atoms with Gasteiger partial charge in [-0.15, -0.1) is 0 Å². The van der Waals surface area contributed by atoms with Gasteiger partial charge in [0.15, 0.2) is 0 Å². The summed E-state index contributed by atoms with van der Waals surface area (Å²) in [5.41, 5.74) is 2.10. The van der Waals surface area contributed by atoms with Crippen LogP contribution in [-0.4, -0.2) is 26.4 Å². The molecule has 1 fully saturated rings. The van der Waals surface area contributed by atoms with Crippen molar-refractivity contribution in [2.45, 2.75) is 30.7 Å². The van der Waals surface area contributed by atoms with Gasteiger partial charge in [-0.2, -0.15) is 0 Å². The van der Waals surface area contributed by atoms with E-state index in [-0.39, 0.29) is 22.2 Å². The van der Waals surface area contributed by atoms with E-state index in [0.717, 1.165) is 24.1 Å². The molecule has 0 spiro atoms. The lowest BCUT2D eigenvalue weighted by Crippen LogP contribution is -2.31. The molecular weight excluding hydrogens is 426 g/mol. The smallest absolute Gasteiger partial charge is 0.261 e. The first-order valence-corrected chi connectivity index (χ1v) is 11.8. The van der Waals surface area contributed by atoms with E-state index in [1.54, 1.807) is 24.4 Å². The monoisotopic (exact) mass is 451 g/mol. The number of sulfonamides is 1. The van der Waals surface area contributed by atoms with Crippen molar-refractivity contribution in [3.8, 4) is 5.75 Å². The molecule has 1 heterocycles. The molecule has 166 valence electrons. The van der Waals surface area contributed by atoms with E-state index in [4.69, 9.17) is 4.74 Å². The van der Waals surface area contributed by atoms with Gasteiger partial charge >= 0.3 is 0 Å². The van der Waals surface area contributed by atoms with Crippen LogP contribution in [0.4, 0.5) is 5.69 Å². The molecule has 1 unspecified atom stereocenters. The number of rotatable bonds is 8. The molecule has 4 rings (SSSR count). The lowest BCUT2D eigenvalue weighted by molar-refractivity contribution is 0.0931. The number of aromatic nitrogens is 1. The number of methoxy groups -OCH3 is 1. The summed E-state index contributed by atoms with van der Waals surface area (Å²) >= 11 is 0. The van der Waals surface area contributed by atoms with Gasteiger partial charge in [-0.05, 0) is 68.1 Å². The van der Waals surface area contributed by atoms with Gasteiger partial charge in [0.1, 0.15) is 5.75 Å². The van der Waals surface area contributed by atoms with Gasteiger partial charge in [0.05, 0.1) is 35.0 Å². The first-order valence-electron chi connectivity index (χ1n) is 10.4. The fourth-order valence-corrected chi connectivity index (χ4v) is 4.57. The number of hydrogen-bond donors (Lipinski definition) is 2. The Morgan fingerprint density at radius 3 is 2.47 bits per heavy atom. The molecule has 1 aliphatic rings. The summed E-state index contributed by atoms with van der Waals surface area (Å²) in [4.78, 5) is 17.8. The molecule has 0 aliphatic heterocycles. The van der Waals surface area contributed by atoms with Crippen molar-refractivity contribution in [2.75, 3.05) is 11.8 Å². The average Bonchev–Trinajstić information content (AvgIpc) is 3.63. The summed E-state index contributed by atoms with van der Waals surface area (Å²) in [7, 11) is -2.38. The SMILES string of the molecule is COc1ccc(NS(=O)(=O)c2ccc(C)cc2)c(C(=O)NC(c2ccccn2)C2CC2)c1. The summed E-state index contributed by atoms with van der Waals surface area (Å²) in [6.07, 6.45) is 3.71. The van der Waals surface area contributed by atoms with E-state index >= 15 is 0 Å². The van der Waals surface area contributed by atoms with Gasteiger partial charge in [0.25, 0.3) is 15.9 Å². The van der Waals surface area contributed by atoms with Crippen molar-refractivity contribution < 1.29 is 17.9 Å². The van der Waals surface area contributed by atoms with Crippen molar-refractivity contribution in [1.29, 1.82) is 0 Å². The molecule has 8 heteroatoms. The van der Waals surface area contributed by atoms with E-state index in [0.29, 0.717) is 11.7 Å². The summed E-state index contributed by atoms with van der Waals surface area (Å²) in [5.74, 6) is 0.370. The highest BCUT2D eigenvalue weighted by Gasteiger charge is 2.35. The number of carbonyl (C=O) groups excluding carboxylic acids is 1. The molecule has 1 atom stereocenters. The Morgan fingerprint density at radius 2 is 1.84 bits per heavy atom. The molecule has 0 radical (unpaired) electrons. The predicted octanol–water partition coefficient (Wildman–Crippen LogP) is 4.08. The van der Waals surface area contributed by atoms with E-state index < -0.39 is 15.9 Å². The van der Waals surface area contributed by atoms with Crippen LogP contribution >= 0.6 is 0 Å². The summed E-state index contributed by atoms with van der Waals surface area (Å²) in [6.45, 7) is 1.88. The maximum Gasteiger partial charge on any atom is 0.261 e. The summed E-state index contributed by atoms with van der Waals surface area (Å²) in [6, 6.07) is 16.6. The molecule has 32 heavy (non-hydrogen) atoms. The largest absolute Gasteiger partial charge is 0.497 e. The van der Waals surface area contributed by atoms with Crippen LogP contribution in [-0.2, 0) is 10.0 Å². The van der Waals surface area contributed by atoms with Crippen LogP contribution in [0.25, 0.3) is 0 Å². The number of benzene rings is 2.